The zero-order valence-corrected chi connectivity index (χ0v) is 18.5. The van der Waals surface area contributed by atoms with E-state index in [1.54, 1.807) is 25.5 Å². The molecule has 1 aliphatic carbocycles. The maximum Gasteiger partial charge on any atom is 0.247 e. The average molecular weight is 436 g/mol. The van der Waals surface area contributed by atoms with Gasteiger partial charge in [0, 0.05) is 48.0 Å². The number of carbonyl (C=O) groups excluding carboxylic acids is 1. The monoisotopic (exact) mass is 435 g/mol. The zero-order chi connectivity index (χ0) is 22.6. The fourth-order valence-electron chi connectivity index (χ4n) is 4.61. The summed E-state index contributed by atoms with van der Waals surface area (Å²) in [6, 6.07) is 3.92. The van der Waals surface area contributed by atoms with Gasteiger partial charge in [-0.1, -0.05) is 11.2 Å². The summed E-state index contributed by atoms with van der Waals surface area (Å²) in [5, 5.41) is 20.1. The van der Waals surface area contributed by atoms with Crippen LogP contribution in [0.1, 0.15) is 38.7 Å². The smallest absolute Gasteiger partial charge is 0.247 e. The number of nitrogens with one attached hydrogen (secondary N) is 2. The summed E-state index contributed by atoms with van der Waals surface area (Å²) < 4.78 is 0. The molecule has 1 aromatic heterocycles. The third kappa shape index (κ3) is 4.47. The normalized spacial score (nSPS) is 26.1. The van der Waals surface area contributed by atoms with Crippen molar-refractivity contribution in [2.75, 3.05) is 19.6 Å². The molecule has 0 bridgehead atoms. The number of amidine groups is 1. The van der Waals surface area contributed by atoms with Crippen molar-refractivity contribution in [2.45, 2.75) is 39.2 Å². The molecule has 1 fully saturated rings. The summed E-state index contributed by atoms with van der Waals surface area (Å²) >= 11 is 0. The molecule has 9 nitrogen and oxygen atoms in total. The van der Waals surface area contributed by atoms with Crippen LogP contribution in [-0.4, -0.2) is 64.4 Å². The number of hydrogen-bond donors (Lipinski definition) is 3. The molecule has 168 valence electrons. The Bertz CT molecular complexity index is 1010. The molecule has 0 saturated carbocycles. The van der Waals surface area contributed by atoms with Gasteiger partial charge in [0.1, 0.15) is 0 Å². The molecule has 3 N–H and O–H groups in total. The first-order valence-electron chi connectivity index (χ1n) is 10.9. The van der Waals surface area contributed by atoms with Crippen molar-refractivity contribution in [3.05, 3.63) is 53.5 Å². The number of aliphatic imine (C=N–C) groups is 1. The number of aromatic nitrogens is 1. The predicted molar refractivity (Wildman–Crippen MR) is 124 cm³/mol. The SMILES string of the molecule is CC=N/C(CN1CCC[C@@H](NC(=O)C2=CC=C3NN=C(c4ccncc4)C3(C)C2)C1)=N\O. The number of fused-ring (bicyclic) bond motifs is 1. The number of oxime groups is 1. The molecule has 0 aromatic carbocycles. The summed E-state index contributed by atoms with van der Waals surface area (Å²) in [7, 11) is 0. The van der Waals surface area contributed by atoms with Gasteiger partial charge in [0.2, 0.25) is 5.91 Å². The molecule has 9 heteroatoms. The van der Waals surface area contributed by atoms with Gasteiger partial charge >= 0.3 is 0 Å². The van der Waals surface area contributed by atoms with E-state index in [1.807, 2.05) is 24.3 Å². The zero-order valence-electron chi connectivity index (χ0n) is 18.5. The summed E-state index contributed by atoms with van der Waals surface area (Å²) in [5.74, 6) is 0.327. The number of piperidine rings is 1. The van der Waals surface area contributed by atoms with E-state index in [2.05, 4.69) is 42.8 Å². The predicted octanol–water partition coefficient (Wildman–Crippen LogP) is 2.07. The van der Waals surface area contributed by atoms with E-state index < -0.39 is 0 Å². The van der Waals surface area contributed by atoms with Crippen molar-refractivity contribution in [1.82, 2.24) is 20.6 Å². The Balaban J connectivity index is 1.41. The van der Waals surface area contributed by atoms with Crippen LogP contribution in [0.4, 0.5) is 0 Å². The average Bonchev–Trinajstić information content (AvgIpc) is 3.15. The second-order valence-electron chi connectivity index (χ2n) is 8.54. The second kappa shape index (κ2) is 9.44. The highest BCUT2D eigenvalue weighted by molar-refractivity contribution is 6.09. The molecule has 1 saturated heterocycles. The molecule has 3 heterocycles. The number of rotatable bonds is 5. The van der Waals surface area contributed by atoms with E-state index in [0.717, 1.165) is 41.9 Å². The van der Waals surface area contributed by atoms with E-state index in [4.69, 9.17) is 5.21 Å². The van der Waals surface area contributed by atoms with Crippen LogP contribution in [-0.2, 0) is 4.79 Å². The highest BCUT2D eigenvalue weighted by Crippen LogP contribution is 2.42. The number of pyridine rings is 1. The van der Waals surface area contributed by atoms with Crippen molar-refractivity contribution in [1.29, 1.82) is 0 Å². The van der Waals surface area contributed by atoms with Crippen molar-refractivity contribution < 1.29 is 10.0 Å². The van der Waals surface area contributed by atoms with Crippen LogP contribution in [0.5, 0.6) is 0 Å². The van der Waals surface area contributed by atoms with Crippen LogP contribution in [0.2, 0.25) is 0 Å². The molecule has 32 heavy (non-hydrogen) atoms. The lowest BCUT2D eigenvalue weighted by molar-refractivity contribution is -0.118. The van der Waals surface area contributed by atoms with Gasteiger partial charge in [-0.25, -0.2) is 4.99 Å². The van der Waals surface area contributed by atoms with Gasteiger partial charge in [0.05, 0.1) is 17.7 Å². The van der Waals surface area contributed by atoms with Crippen molar-refractivity contribution in [3.8, 4) is 0 Å². The lowest BCUT2D eigenvalue weighted by atomic mass is 9.72. The van der Waals surface area contributed by atoms with E-state index in [1.165, 1.54) is 0 Å². The number of carbonyl (C=O) groups is 1. The van der Waals surface area contributed by atoms with Gasteiger partial charge in [-0.3, -0.25) is 20.1 Å². The van der Waals surface area contributed by atoms with E-state index in [0.29, 0.717) is 25.3 Å². The van der Waals surface area contributed by atoms with E-state index in [9.17, 15) is 4.79 Å². The minimum atomic E-state index is -0.383. The second-order valence-corrected chi connectivity index (χ2v) is 8.54. The van der Waals surface area contributed by atoms with E-state index >= 15 is 0 Å². The highest BCUT2D eigenvalue weighted by Gasteiger charge is 2.43. The first-order chi connectivity index (χ1) is 15.5. The third-order valence-corrected chi connectivity index (χ3v) is 6.25. The Morgan fingerprint density at radius 3 is 2.97 bits per heavy atom. The maximum atomic E-state index is 13.1. The van der Waals surface area contributed by atoms with Crippen LogP contribution in [0.15, 0.2) is 63.2 Å². The Labute approximate surface area is 187 Å². The Kier molecular flexibility index (Phi) is 6.45. The Morgan fingerprint density at radius 2 is 2.22 bits per heavy atom. The van der Waals surface area contributed by atoms with Gasteiger partial charge < -0.3 is 10.5 Å². The molecule has 4 rings (SSSR count). The molecule has 0 spiro atoms. The fraction of sp³-hybridized carbons (Fsp3) is 0.435. The summed E-state index contributed by atoms with van der Waals surface area (Å²) in [5.41, 5.74) is 6.40. The first-order valence-corrected chi connectivity index (χ1v) is 10.9. The summed E-state index contributed by atoms with van der Waals surface area (Å²) in [6.45, 7) is 5.94. The molecule has 2 aliphatic heterocycles. The lowest BCUT2D eigenvalue weighted by Gasteiger charge is -2.34. The molecule has 1 aromatic rings. The molecule has 1 unspecified atom stereocenters. The Hall–Kier alpha value is -3.33. The lowest BCUT2D eigenvalue weighted by Crippen LogP contribution is -2.49. The summed E-state index contributed by atoms with van der Waals surface area (Å²) in [4.78, 5) is 23.5. The first kappa shape index (κ1) is 21.9. The van der Waals surface area contributed by atoms with Gasteiger partial charge in [-0.2, -0.15) is 5.10 Å². The molecule has 0 radical (unpaired) electrons. The number of allylic oxidation sites excluding steroid dienone is 3. The van der Waals surface area contributed by atoms with Gasteiger partial charge in [0.25, 0.3) is 0 Å². The third-order valence-electron chi connectivity index (χ3n) is 6.25. The molecular formula is C23H29N7O2. The standard InChI is InChI=1S/C23H29N7O2/c1-3-25-20(29-32)15-30-12-4-5-18(14-30)26-22(31)17-6-7-19-23(2,13-17)21(28-27-19)16-8-10-24-11-9-16/h3,6-11,18,27,32H,4-5,12-15H2,1-2H3,(H,26,31)/b25-3?,29-20-/t18-,23?/m1/s1. The van der Waals surface area contributed by atoms with Crippen LogP contribution in [0.25, 0.3) is 0 Å². The van der Waals surface area contributed by atoms with Crippen LogP contribution >= 0.6 is 0 Å². The van der Waals surface area contributed by atoms with Gasteiger partial charge in [-0.15, -0.1) is 0 Å². The van der Waals surface area contributed by atoms with Gasteiger partial charge in [-0.05, 0) is 57.9 Å². The van der Waals surface area contributed by atoms with E-state index in [-0.39, 0.29) is 17.4 Å². The topological polar surface area (TPSA) is 115 Å². The number of hydrogen-bond acceptors (Lipinski definition) is 7. The molecule has 3 aliphatic rings. The van der Waals surface area contributed by atoms with Crippen LogP contribution < -0.4 is 10.7 Å². The number of likely N-dealkylation sites (tertiary alicyclic amines) is 1. The Morgan fingerprint density at radius 1 is 1.41 bits per heavy atom. The van der Waals surface area contributed by atoms with Crippen molar-refractivity contribution in [2.24, 2.45) is 20.7 Å². The van der Waals surface area contributed by atoms with Crippen LogP contribution in [0, 0.1) is 5.41 Å². The molecular weight excluding hydrogens is 406 g/mol. The summed E-state index contributed by atoms with van der Waals surface area (Å²) in [6.07, 6.45) is 11.4. The van der Waals surface area contributed by atoms with Crippen molar-refractivity contribution >= 4 is 23.7 Å². The minimum absolute atomic E-state index is 0.0379. The number of amides is 1. The number of hydrazone groups is 1. The number of nitrogens with zero attached hydrogens (tertiary/aromatic N) is 5. The van der Waals surface area contributed by atoms with Crippen molar-refractivity contribution in [3.63, 3.8) is 0 Å². The molecule has 2 atom stereocenters. The maximum absolute atomic E-state index is 13.1. The van der Waals surface area contributed by atoms with Gasteiger partial charge in [0.15, 0.2) is 5.84 Å². The fourth-order valence-corrected chi connectivity index (χ4v) is 4.61. The molecule has 1 amide bonds. The largest absolute Gasteiger partial charge is 0.409 e. The minimum Gasteiger partial charge on any atom is -0.409 e. The quantitative estimate of drug-likeness (QED) is 0.284. The van der Waals surface area contributed by atoms with Crippen LogP contribution in [0.3, 0.4) is 0 Å². The highest BCUT2D eigenvalue weighted by atomic mass is 16.4.